The Bertz CT molecular complexity index is 508. The third-order valence-corrected chi connectivity index (χ3v) is 2.36. The van der Waals surface area contributed by atoms with Crippen molar-refractivity contribution in [2.24, 2.45) is 0 Å². The lowest BCUT2D eigenvalue weighted by Gasteiger charge is -2.27. The highest BCUT2D eigenvalue weighted by molar-refractivity contribution is 5.64. The molecule has 18 heavy (non-hydrogen) atoms. The largest absolute Gasteiger partial charge is 0.500 e. The van der Waals surface area contributed by atoms with E-state index in [1.54, 1.807) is 0 Å². The van der Waals surface area contributed by atoms with Crippen LogP contribution in [-0.2, 0) is 0 Å². The van der Waals surface area contributed by atoms with E-state index in [9.17, 15) is 20.0 Å². The van der Waals surface area contributed by atoms with Gasteiger partial charge in [0.1, 0.15) is 5.69 Å². The molecule has 0 spiro atoms. The molecular formula is C9H13N3O6. The van der Waals surface area contributed by atoms with Gasteiger partial charge in [-0.05, 0) is 6.92 Å². The molecule has 9 heteroatoms. The van der Waals surface area contributed by atoms with Gasteiger partial charge in [-0.15, -0.1) is 0 Å². The van der Waals surface area contributed by atoms with Gasteiger partial charge in [0, 0.05) is 6.20 Å². The summed E-state index contributed by atoms with van der Waals surface area (Å²) in [5.74, 6) is -0.850. The summed E-state index contributed by atoms with van der Waals surface area (Å²) >= 11 is 0. The van der Waals surface area contributed by atoms with Crippen LogP contribution in [0.5, 0.6) is 5.75 Å². The predicted molar refractivity (Wildman–Crippen MR) is 61.6 cm³/mol. The quantitative estimate of drug-likeness (QED) is 0.341. The molecule has 0 unspecified atom stereocenters. The van der Waals surface area contributed by atoms with Gasteiger partial charge in [-0.1, -0.05) is 0 Å². The lowest BCUT2D eigenvalue weighted by Crippen LogP contribution is -2.42. The minimum absolute atomic E-state index is 0.160. The molecule has 0 saturated carbocycles. The Kier molecular flexibility index (Phi) is 3.89. The van der Waals surface area contributed by atoms with Gasteiger partial charge in [-0.2, -0.15) is 0 Å². The molecular weight excluding hydrogens is 246 g/mol. The number of aliphatic hydroxyl groups is 2. The number of aromatic nitrogens is 1. The first-order valence-electron chi connectivity index (χ1n) is 4.93. The van der Waals surface area contributed by atoms with E-state index >= 15 is 0 Å². The maximum atomic E-state index is 11.2. The van der Waals surface area contributed by atoms with Crippen LogP contribution in [0.15, 0.2) is 11.0 Å². The fourth-order valence-corrected chi connectivity index (χ4v) is 1.23. The highest BCUT2D eigenvalue weighted by Gasteiger charge is 2.28. The zero-order valence-electron chi connectivity index (χ0n) is 9.51. The average Bonchev–Trinajstić information content (AvgIpc) is 2.32. The van der Waals surface area contributed by atoms with E-state index in [2.05, 4.69) is 10.3 Å². The normalized spacial score (nSPS) is 11.3. The van der Waals surface area contributed by atoms with Gasteiger partial charge in [-0.3, -0.25) is 14.9 Å². The SMILES string of the molecule is CC(CO)(CO)Nc1c[nH]c(=O)c([N+](=O)[O-])c1O. The fourth-order valence-electron chi connectivity index (χ4n) is 1.23. The summed E-state index contributed by atoms with van der Waals surface area (Å²) in [6.45, 7) is 0.481. The van der Waals surface area contributed by atoms with E-state index < -0.39 is 40.7 Å². The van der Waals surface area contributed by atoms with Crippen molar-refractivity contribution in [1.82, 2.24) is 4.98 Å². The van der Waals surface area contributed by atoms with Gasteiger partial charge < -0.3 is 25.6 Å². The summed E-state index contributed by atoms with van der Waals surface area (Å²) in [5.41, 5.74) is -3.40. The number of hydrogen-bond donors (Lipinski definition) is 5. The Hall–Kier alpha value is -2.13. The third-order valence-electron chi connectivity index (χ3n) is 2.36. The second-order valence-electron chi connectivity index (χ2n) is 3.99. The van der Waals surface area contributed by atoms with Crippen LogP contribution in [0.4, 0.5) is 11.4 Å². The number of nitrogens with one attached hydrogen (secondary N) is 2. The van der Waals surface area contributed by atoms with E-state index in [1.807, 2.05) is 0 Å². The molecule has 0 aromatic carbocycles. The fraction of sp³-hybridized carbons (Fsp3) is 0.444. The molecule has 0 atom stereocenters. The van der Waals surface area contributed by atoms with Crippen molar-refractivity contribution in [1.29, 1.82) is 0 Å². The van der Waals surface area contributed by atoms with Crippen LogP contribution in [0.3, 0.4) is 0 Å². The van der Waals surface area contributed by atoms with E-state index in [-0.39, 0.29) is 5.69 Å². The van der Waals surface area contributed by atoms with Gasteiger partial charge in [0.15, 0.2) is 0 Å². The number of anilines is 1. The Morgan fingerprint density at radius 1 is 1.50 bits per heavy atom. The Morgan fingerprint density at radius 3 is 2.50 bits per heavy atom. The summed E-state index contributed by atoms with van der Waals surface area (Å²) in [6, 6.07) is 0. The first-order chi connectivity index (χ1) is 8.34. The molecule has 0 radical (unpaired) electrons. The summed E-state index contributed by atoms with van der Waals surface area (Å²) in [5, 5.41) is 40.8. The van der Waals surface area contributed by atoms with Crippen molar-refractivity contribution in [2.75, 3.05) is 18.5 Å². The molecule has 0 aliphatic heterocycles. The molecule has 0 amide bonds. The minimum Gasteiger partial charge on any atom is -0.500 e. The highest BCUT2D eigenvalue weighted by Crippen LogP contribution is 2.31. The van der Waals surface area contributed by atoms with E-state index in [1.165, 1.54) is 6.92 Å². The monoisotopic (exact) mass is 259 g/mol. The zero-order valence-corrected chi connectivity index (χ0v) is 9.51. The molecule has 5 N–H and O–H groups in total. The second-order valence-corrected chi connectivity index (χ2v) is 3.99. The molecule has 100 valence electrons. The summed E-state index contributed by atoms with van der Waals surface area (Å²) in [6.07, 6.45) is 1.02. The van der Waals surface area contributed by atoms with Crippen LogP contribution < -0.4 is 10.9 Å². The highest BCUT2D eigenvalue weighted by atomic mass is 16.6. The van der Waals surface area contributed by atoms with E-state index in [0.29, 0.717) is 0 Å². The predicted octanol–water partition coefficient (Wildman–Crippen LogP) is -0.856. The Balaban J connectivity index is 3.24. The smallest absolute Gasteiger partial charge is 0.377 e. The van der Waals surface area contributed by atoms with Crippen LogP contribution >= 0.6 is 0 Å². The lowest BCUT2D eigenvalue weighted by atomic mass is 10.1. The van der Waals surface area contributed by atoms with Gasteiger partial charge in [0.05, 0.1) is 23.7 Å². The number of nitrogens with zero attached hydrogens (tertiary/aromatic N) is 1. The molecule has 1 aromatic heterocycles. The first kappa shape index (κ1) is 13.9. The number of rotatable bonds is 5. The van der Waals surface area contributed by atoms with Gasteiger partial charge in [0.2, 0.25) is 5.75 Å². The van der Waals surface area contributed by atoms with Crippen LogP contribution in [0.2, 0.25) is 0 Å². The lowest BCUT2D eigenvalue weighted by molar-refractivity contribution is -0.387. The second kappa shape index (κ2) is 5.02. The molecule has 1 rings (SSSR count). The number of H-pyrrole nitrogens is 1. The Labute approximate surface area is 101 Å². The minimum atomic E-state index is -1.19. The molecule has 0 aliphatic carbocycles. The van der Waals surface area contributed by atoms with Crippen molar-refractivity contribution < 1.29 is 20.2 Å². The van der Waals surface area contributed by atoms with Crippen LogP contribution in [0, 0.1) is 10.1 Å². The molecule has 1 aromatic rings. The molecule has 0 aliphatic rings. The molecule has 0 saturated heterocycles. The Morgan fingerprint density at radius 2 is 2.06 bits per heavy atom. The number of pyridine rings is 1. The van der Waals surface area contributed by atoms with Gasteiger partial charge >= 0.3 is 11.2 Å². The maximum Gasteiger partial charge on any atom is 0.377 e. The van der Waals surface area contributed by atoms with E-state index in [4.69, 9.17) is 10.2 Å². The molecule has 9 nitrogen and oxygen atoms in total. The third kappa shape index (κ3) is 2.57. The number of nitro groups is 1. The summed E-state index contributed by atoms with van der Waals surface area (Å²) < 4.78 is 0. The first-order valence-corrected chi connectivity index (χ1v) is 4.93. The zero-order chi connectivity index (χ0) is 13.9. The van der Waals surface area contributed by atoms with Crippen LogP contribution in [0.25, 0.3) is 0 Å². The molecule has 0 fully saturated rings. The van der Waals surface area contributed by atoms with Crippen molar-refractivity contribution >= 4 is 11.4 Å². The average molecular weight is 259 g/mol. The number of aliphatic hydroxyl groups excluding tert-OH is 2. The van der Waals surface area contributed by atoms with Crippen molar-refractivity contribution in [3.63, 3.8) is 0 Å². The number of hydrogen-bond acceptors (Lipinski definition) is 7. The van der Waals surface area contributed by atoms with Crippen LogP contribution in [0.1, 0.15) is 6.92 Å². The van der Waals surface area contributed by atoms with Crippen molar-refractivity contribution in [2.45, 2.75) is 12.5 Å². The van der Waals surface area contributed by atoms with Gasteiger partial charge in [0.25, 0.3) is 0 Å². The van der Waals surface area contributed by atoms with Crippen LogP contribution in [-0.4, -0.2) is 44.0 Å². The standard InChI is InChI=1S/C9H13N3O6/c1-9(3-13,4-14)11-5-2-10-8(16)6(7(5)15)12(17)18/h2,11,13-14H,3-4H2,1H3,(H2,10,15,16). The summed E-state index contributed by atoms with van der Waals surface area (Å²) in [4.78, 5) is 22.8. The van der Waals surface area contributed by atoms with E-state index in [0.717, 1.165) is 6.20 Å². The summed E-state index contributed by atoms with van der Waals surface area (Å²) in [7, 11) is 0. The molecule has 0 bridgehead atoms. The number of aromatic hydroxyl groups is 1. The van der Waals surface area contributed by atoms with Crippen molar-refractivity contribution in [3.8, 4) is 5.75 Å². The van der Waals surface area contributed by atoms with Crippen molar-refractivity contribution in [3.05, 3.63) is 26.7 Å². The van der Waals surface area contributed by atoms with Gasteiger partial charge in [-0.25, -0.2) is 0 Å². The number of aromatic amines is 1. The maximum absolute atomic E-state index is 11.2. The molecule has 1 heterocycles. The topological polar surface area (TPSA) is 149 Å².